The molecule has 6 nitrogen and oxygen atoms in total. The van der Waals surface area contributed by atoms with Crippen LogP contribution >= 0.6 is 0 Å². The van der Waals surface area contributed by atoms with Gasteiger partial charge in [0.05, 0.1) is 12.6 Å². The number of piperidine rings is 1. The summed E-state index contributed by atoms with van der Waals surface area (Å²) in [6, 6.07) is 4.13. The number of pyridine rings is 1. The number of amides is 1. The number of H-pyrrole nitrogens is 1. The van der Waals surface area contributed by atoms with Crippen molar-refractivity contribution in [1.82, 2.24) is 20.2 Å². The van der Waals surface area contributed by atoms with E-state index in [4.69, 9.17) is 4.74 Å². The second-order valence-corrected chi connectivity index (χ2v) is 7.13. The van der Waals surface area contributed by atoms with Gasteiger partial charge in [-0.3, -0.25) is 9.69 Å². The van der Waals surface area contributed by atoms with Crippen molar-refractivity contribution in [3.63, 3.8) is 0 Å². The van der Waals surface area contributed by atoms with Crippen molar-refractivity contribution in [2.45, 2.75) is 37.7 Å². The molecule has 6 heteroatoms. The largest absolute Gasteiger partial charge is 0.376 e. The van der Waals surface area contributed by atoms with Gasteiger partial charge in [0.25, 0.3) is 0 Å². The molecule has 1 atom stereocenters. The van der Waals surface area contributed by atoms with Gasteiger partial charge < -0.3 is 15.0 Å². The first-order valence-corrected chi connectivity index (χ1v) is 9.32. The Balaban J connectivity index is 1.26. The molecule has 0 aromatic carbocycles. The summed E-state index contributed by atoms with van der Waals surface area (Å²) in [4.78, 5) is 22.0. The van der Waals surface area contributed by atoms with E-state index >= 15 is 0 Å². The molecule has 2 aliphatic rings. The Morgan fingerprint density at radius 1 is 1.36 bits per heavy atom. The molecular weight excluding hydrogens is 316 g/mol. The number of aromatic nitrogens is 2. The van der Waals surface area contributed by atoms with Gasteiger partial charge in [0, 0.05) is 30.9 Å². The normalized spacial score (nSPS) is 22.5. The minimum atomic E-state index is 0.116. The van der Waals surface area contributed by atoms with Crippen LogP contribution in [0, 0.1) is 0 Å². The highest BCUT2D eigenvalue weighted by Gasteiger charge is 2.24. The minimum Gasteiger partial charge on any atom is -0.376 e. The Bertz CT molecular complexity index is 715. The number of nitrogens with zero attached hydrogens (tertiary/aromatic N) is 2. The smallest absolute Gasteiger partial charge is 0.234 e. The number of ether oxygens (including phenoxy) is 1. The van der Waals surface area contributed by atoms with E-state index in [0.717, 1.165) is 51.0 Å². The molecule has 2 aromatic heterocycles. The van der Waals surface area contributed by atoms with Gasteiger partial charge in [0.1, 0.15) is 5.65 Å². The van der Waals surface area contributed by atoms with Crippen LogP contribution in [0.25, 0.3) is 11.0 Å². The molecule has 0 saturated carbocycles. The first kappa shape index (κ1) is 16.5. The van der Waals surface area contributed by atoms with E-state index in [1.54, 1.807) is 0 Å². The van der Waals surface area contributed by atoms with Gasteiger partial charge in [-0.1, -0.05) is 0 Å². The first-order chi connectivity index (χ1) is 12.3. The van der Waals surface area contributed by atoms with Crippen LogP contribution in [0.1, 0.15) is 37.2 Å². The van der Waals surface area contributed by atoms with Crippen molar-refractivity contribution >= 4 is 16.9 Å². The lowest BCUT2D eigenvalue weighted by Crippen LogP contribution is -2.42. The SMILES string of the molecule is O=C(CN1CCC(c2c[nH]c3ncccc23)CC1)NC[C@@H]1CCCO1. The molecule has 134 valence electrons. The number of nitrogens with one attached hydrogen (secondary N) is 2. The van der Waals surface area contributed by atoms with Gasteiger partial charge in [-0.2, -0.15) is 0 Å². The lowest BCUT2D eigenvalue weighted by atomic mass is 9.89. The second-order valence-electron chi connectivity index (χ2n) is 7.13. The van der Waals surface area contributed by atoms with Crippen LogP contribution in [0.2, 0.25) is 0 Å². The summed E-state index contributed by atoms with van der Waals surface area (Å²) >= 11 is 0. The van der Waals surface area contributed by atoms with Crippen molar-refractivity contribution in [3.05, 3.63) is 30.1 Å². The monoisotopic (exact) mass is 342 g/mol. The predicted molar refractivity (Wildman–Crippen MR) is 96.5 cm³/mol. The Morgan fingerprint density at radius 3 is 3.04 bits per heavy atom. The van der Waals surface area contributed by atoms with E-state index in [1.807, 2.05) is 12.3 Å². The van der Waals surface area contributed by atoms with Crippen LogP contribution in [0.15, 0.2) is 24.5 Å². The minimum absolute atomic E-state index is 0.116. The maximum atomic E-state index is 12.1. The molecule has 25 heavy (non-hydrogen) atoms. The number of likely N-dealkylation sites (tertiary alicyclic amines) is 1. The quantitative estimate of drug-likeness (QED) is 0.872. The Hall–Kier alpha value is -1.92. The number of rotatable bonds is 5. The van der Waals surface area contributed by atoms with Crippen LogP contribution in [-0.2, 0) is 9.53 Å². The number of aromatic amines is 1. The summed E-state index contributed by atoms with van der Waals surface area (Å²) in [5.74, 6) is 0.661. The fourth-order valence-electron chi connectivity index (χ4n) is 4.01. The van der Waals surface area contributed by atoms with Crippen LogP contribution in [0.5, 0.6) is 0 Å². The van der Waals surface area contributed by atoms with E-state index in [9.17, 15) is 4.79 Å². The summed E-state index contributed by atoms with van der Waals surface area (Å²) in [6.07, 6.45) is 8.47. The Labute approximate surface area is 147 Å². The highest BCUT2D eigenvalue weighted by Crippen LogP contribution is 2.32. The van der Waals surface area contributed by atoms with Crippen molar-refractivity contribution in [2.75, 3.05) is 32.8 Å². The zero-order valence-corrected chi connectivity index (χ0v) is 14.5. The van der Waals surface area contributed by atoms with Crippen LogP contribution in [-0.4, -0.2) is 59.7 Å². The van der Waals surface area contributed by atoms with Crippen molar-refractivity contribution in [1.29, 1.82) is 0 Å². The average molecular weight is 342 g/mol. The molecule has 4 heterocycles. The predicted octanol–water partition coefficient (Wildman–Crippen LogP) is 2.04. The third-order valence-electron chi connectivity index (χ3n) is 5.43. The third kappa shape index (κ3) is 3.85. The molecule has 0 bridgehead atoms. The van der Waals surface area contributed by atoms with Gasteiger partial charge in [0.15, 0.2) is 0 Å². The fraction of sp³-hybridized carbons (Fsp3) is 0.579. The molecule has 0 spiro atoms. The molecule has 0 unspecified atom stereocenters. The average Bonchev–Trinajstić information content (AvgIpc) is 3.30. The maximum Gasteiger partial charge on any atom is 0.234 e. The summed E-state index contributed by atoms with van der Waals surface area (Å²) in [5, 5.41) is 4.25. The van der Waals surface area contributed by atoms with Crippen molar-refractivity contribution in [2.24, 2.45) is 0 Å². The first-order valence-electron chi connectivity index (χ1n) is 9.32. The van der Waals surface area contributed by atoms with Crippen LogP contribution < -0.4 is 5.32 Å². The molecule has 2 N–H and O–H groups in total. The number of carbonyl (C=O) groups excluding carboxylic acids is 1. The lowest BCUT2D eigenvalue weighted by Gasteiger charge is -2.31. The fourth-order valence-corrected chi connectivity index (χ4v) is 4.01. The topological polar surface area (TPSA) is 70.2 Å². The Morgan fingerprint density at radius 2 is 2.24 bits per heavy atom. The third-order valence-corrected chi connectivity index (χ3v) is 5.43. The Kier molecular flexibility index (Phi) is 4.99. The molecule has 2 saturated heterocycles. The van der Waals surface area contributed by atoms with Crippen molar-refractivity contribution < 1.29 is 9.53 Å². The number of fused-ring (bicyclic) bond motifs is 1. The van der Waals surface area contributed by atoms with Gasteiger partial charge in [-0.05, 0) is 62.4 Å². The van der Waals surface area contributed by atoms with E-state index in [2.05, 4.69) is 32.4 Å². The molecule has 2 aliphatic heterocycles. The number of hydrogen-bond acceptors (Lipinski definition) is 4. The summed E-state index contributed by atoms with van der Waals surface area (Å²) in [6.45, 7) is 3.90. The van der Waals surface area contributed by atoms with Gasteiger partial charge in [0.2, 0.25) is 5.91 Å². The molecular formula is C19H26N4O2. The van der Waals surface area contributed by atoms with E-state index in [-0.39, 0.29) is 12.0 Å². The van der Waals surface area contributed by atoms with Gasteiger partial charge in [-0.25, -0.2) is 4.98 Å². The van der Waals surface area contributed by atoms with Gasteiger partial charge >= 0.3 is 0 Å². The molecule has 1 amide bonds. The summed E-state index contributed by atoms with van der Waals surface area (Å²) in [5.41, 5.74) is 2.33. The molecule has 4 rings (SSSR count). The number of hydrogen-bond donors (Lipinski definition) is 2. The summed E-state index contributed by atoms with van der Waals surface area (Å²) < 4.78 is 5.55. The van der Waals surface area contributed by atoms with Crippen LogP contribution in [0.3, 0.4) is 0 Å². The van der Waals surface area contributed by atoms with Gasteiger partial charge in [-0.15, -0.1) is 0 Å². The van der Waals surface area contributed by atoms with Crippen LogP contribution in [0.4, 0.5) is 0 Å². The maximum absolute atomic E-state index is 12.1. The highest BCUT2D eigenvalue weighted by atomic mass is 16.5. The molecule has 0 aliphatic carbocycles. The highest BCUT2D eigenvalue weighted by molar-refractivity contribution is 5.80. The zero-order chi connectivity index (χ0) is 17.1. The summed E-state index contributed by atoms with van der Waals surface area (Å²) in [7, 11) is 0. The lowest BCUT2D eigenvalue weighted by molar-refractivity contribution is -0.123. The zero-order valence-electron chi connectivity index (χ0n) is 14.5. The standard InChI is InChI=1S/C19H26N4O2/c24-18(21-11-15-3-2-10-25-15)13-23-8-5-14(6-9-23)17-12-22-19-16(17)4-1-7-20-19/h1,4,7,12,14-15H,2-3,5-6,8-11,13H2,(H,20,22)(H,21,24)/t15-/m0/s1. The molecule has 0 radical (unpaired) electrons. The van der Waals surface area contributed by atoms with E-state index in [1.165, 1.54) is 10.9 Å². The van der Waals surface area contributed by atoms with E-state index < -0.39 is 0 Å². The number of carbonyl (C=O) groups is 1. The molecule has 2 fully saturated rings. The van der Waals surface area contributed by atoms with Crippen molar-refractivity contribution in [3.8, 4) is 0 Å². The van der Waals surface area contributed by atoms with E-state index in [0.29, 0.717) is 19.0 Å². The second kappa shape index (κ2) is 7.54. The molecule has 2 aromatic rings.